The Labute approximate surface area is 227 Å². The van der Waals surface area contributed by atoms with Gasteiger partial charge in [-0.2, -0.15) is 10.5 Å². The number of fused-ring (bicyclic) bond motifs is 1. The van der Waals surface area contributed by atoms with Crippen LogP contribution < -0.4 is 10.5 Å². The molecule has 39 heavy (non-hydrogen) atoms. The summed E-state index contributed by atoms with van der Waals surface area (Å²) < 4.78 is 15.4. The Morgan fingerprint density at radius 2 is 1.67 bits per heavy atom. The van der Waals surface area contributed by atoms with Crippen molar-refractivity contribution in [1.82, 2.24) is 14.5 Å². The van der Waals surface area contributed by atoms with Crippen molar-refractivity contribution >= 4 is 16.7 Å². The number of nitrogens with zero attached hydrogens (tertiary/aromatic N) is 6. The van der Waals surface area contributed by atoms with E-state index in [0.29, 0.717) is 35.4 Å². The second-order valence-electron chi connectivity index (χ2n) is 10.1. The number of hydrogen-bond acceptors (Lipinski definition) is 6. The van der Waals surface area contributed by atoms with E-state index in [4.69, 9.17) is 0 Å². The molecule has 4 aromatic rings. The highest BCUT2D eigenvalue weighted by Gasteiger charge is 2.37. The van der Waals surface area contributed by atoms with Crippen LogP contribution in [0.25, 0.3) is 11.0 Å². The first-order valence-electron chi connectivity index (χ1n) is 13.0. The van der Waals surface area contributed by atoms with Crippen LogP contribution in [0.5, 0.6) is 0 Å². The standard InChI is InChI=1S/C31H29FN6O/c1-4-26-19-37(28-15-29(39)36(3)27-14-13-25(17-34)35-30(27)28)20(2)18-38(26)31(23-9-11-24(32)12-10-23)22-7-5-21(16-33)6-8-22/h5-15,20,26,31H,4,18-19H2,1-3H3/t20-,26+,31?/m0/s1. The molecule has 1 saturated heterocycles. The Hall–Kier alpha value is -4.53. The second-order valence-corrected chi connectivity index (χ2v) is 10.1. The van der Waals surface area contributed by atoms with Crippen LogP contribution in [0.15, 0.2) is 71.5 Å². The maximum Gasteiger partial charge on any atom is 0.252 e. The van der Waals surface area contributed by atoms with Gasteiger partial charge in [0.15, 0.2) is 0 Å². The number of rotatable bonds is 5. The van der Waals surface area contributed by atoms with E-state index < -0.39 is 0 Å². The number of piperazine rings is 1. The number of aromatic nitrogens is 2. The van der Waals surface area contributed by atoms with Gasteiger partial charge in [0, 0.05) is 38.3 Å². The molecule has 7 nitrogen and oxygen atoms in total. The van der Waals surface area contributed by atoms with Gasteiger partial charge in [-0.05, 0) is 60.9 Å². The summed E-state index contributed by atoms with van der Waals surface area (Å²) in [6.07, 6.45) is 0.844. The zero-order valence-corrected chi connectivity index (χ0v) is 22.2. The maximum absolute atomic E-state index is 13.9. The van der Waals surface area contributed by atoms with Crippen molar-refractivity contribution in [3.8, 4) is 12.1 Å². The Morgan fingerprint density at radius 1 is 1.00 bits per heavy atom. The fourth-order valence-electron chi connectivity index (χ4n) is 5.63. The summed E-state index contributed by atoms with van der Waals surface area (Å²) in [7, 11) is 1.71. The van der Waals surface area contributed by atoms with Gasteiger partial charge in [0.05, 0.1) is 28.9 Å². The van der Waals surface area contributed by atoms with Crippen molar-refractivity contribution in [2.24, 2.45) is 7.05 Å². The Balaban J connectivity index is 1.58. The SMILES string of the molecule is CC[C@@H]1CN(c2cc(=O)n(C)c3ccc(C#N)nc23)[C@@H](C)CN1C(c1ccc(F)cc1)c1ccc(C#N)cc1. The Kier molecular flexibility index (Phi) is 7.15. The first kappa shape index (κ1) is 26.1. The third-order valence-electron chi connectivity index (χ3n) is 7.72. The average molecular weight is 521 g/mol. The largest absolute Gasteiger partial charge is 0.364 e. The lowest BCUT2D eigenvalue weighted by molar-refractivity contribution is 0.116. The predicted molar refractivity (Wildman–Crippen MR) is 149 cm³/mol. The molecule has 196 valence electrons. The zero-order chi connectivity index (χ0) is 27.7. The monoisotopic (exact) mass is 520 g/mol. The van der Waals surface area contributed by atoms with Crippen molar-refractivity contribution in [2.45, 2.75) is 38.4 Å². The van der Waals surface area contributed by atoms with Gasteiger partial charge in [0.1, 0.15) is 23.1 Å². The highest BCUT2D eigenvalue weighted by Crippen LogP contribution is 2.37. The molecule has 1 aliphatic rings. The molecule has 2 aromatic heterocycles. The number of hydrogen-bond donors (Lipinski definition) is 0. The van der Waals surface area contributed by atoms with E-state index >= 15 is 0 Å². The minimum atomic E-state index is -0.288. The molecule has 1 fully saturated rings. The topological polar surface area (TPSA) is 88.9 Å². The Bertz CT molecular complexity index is 1650. The van der Waals surface area contributed by atoms with Gasteiger partial charge < -0.3 is 9.47 Å². The van der Waals surface area contributed by atoms with Crippen LogP contribution in [0.3, 0.4) is 0 Å². The molecule has 1 unspecified atom stereocenters. The maximum atomic E-state index is 13.9. The second kappa shape index (κ2) is 10.7. The molecule has 0 radical (unpaired) electrons. The normalized spacial score (nSPS) is 18.5. The molecule has 0 spiro atoms. The van der Waals surface area contributed by atoms with Gasteiger partial charge in [0.25, 0.3) is 5.56 Å². The number of anilines is 1. The molecule has 0 N–H and O–H groups in total. The first-order chi connectivity index (χ1) is 18.8. The van der Waals surface area contributed by atoms with Gasteiger partial charge in [-0.25, -0.2) is 9.37 Å². The molecule has 5 rings (SSSR count). The summed E-state index contributed by atoms with van der Waals surface area (Å²) in [5.41, 5.74) is 4.80. The quantitative estimate of drug-likeness (QED) is 0.372. The molecular weight excluding hydrogens is 491 g/mol. The van der Waals surface area contributed by atoms with Crippen molar-refractivity contribution in [2.75, 3.05) is 18.0 Å². The van der Waals surface area contributed by atoms with Crippen molar-refractivity contribution in [3.63, 3.8) is 0 Å². The van der Waals surface area contributed by atoms with Crippen molar-refractivity contribution in [1.29, 1.82) is 10.5 Å². The van der Waals surface area contributed by atoms with Crippen LogP contribution in [0, 0.1) is 28.5 Å². The van der Waals surface area contributed by atoms with Crippen LogP contribution in [0.4, 0.5) is 10.1 Å². The summed E-state index contributed by atoms with van der Waals surface area (Å²) in [5, 5.41) is 18.8. The lowest BCUT2D eigenvalue weighted by Crippen LogP contribution is -2.58. The van der Waals surface area contributed by atoms with E-state index in [1.54, 1.807) is 29.8 Å². The van der Waals surface area contributed by atoms with Crippen molar-refractivity contribution < 1.29 is 4.39 Å². The van der Waals surface area contributed by atoms with Gasteiger partial charge in [-0.15, -0.1) is 0 Å². The molecule has 3 heterocycles. The molecule has 1 aliphatic heterocycles. The highest BCUT2D eigenvalue weighted by molar-refractivity contribution is 5.89. The van der Waals surface area contributed by atoms with Gasteiger partial charge in [-0.1, -0.05) is 31.2 Å². The van der Waals surface area contributed by atoms with E-state index in [0.717, 1.165) is 23.2 Å². The third-order valence-corrected chi connectivity index (χ3v) is 7.72. The lowest BCUT2D eigenvalue weighted by atomic mass is 9.92. The number of aryl methyl sites for hydroxylation is 1. The van der Waals surface area contributed by atoms with Crippen molar-refractivity contribution in [3.05, 3.63) is 105 Å². The van der Waals surface area contributed by atoms with E-state index in [2.05, 4.69) is 40.8 Å². The summed E-state index contributed by atoms with van der Waals surface area (Å²) in [6, 6.07) is 23.5. The highest BCUT2D eigenvalue weighted by atomic mass is 19.1. The summed E-state index contributed by atoms with van der Waals surface area (Å²) in [4.78, 5) is 22.2. The fraction of sp³-hybridized carbons (Fsp3) is 0.290. The fourth-order valence-corrected chi connectivity index (χ4v) is 5.63. The number of nitriles is 2. The van der Waals surface area contributed by atoms with Crippen LogP contribution in [-0.4, -0.2) is 39.6 Å². The van der Waals surface area contributed by atoms with Gasteiger partial charge >= 0.3 is 0 Å². The number of halogens is 1. The lowest BCUT2D eigenvalue weighted by Gasteiger charge is -2.49. The van der Waals surface area contributed by atoms with E-state index in [1.165, 1.54) is 12.1 Å². The molecule has 0 saturated carbocycles. The average Bonchev–Trinajstić information content (AvgIpc) is 2.96. The summed E-state index contributed by atoms with van der Waals surface area (Å²) in [5.74, 6) is -0.288. The molecule has 8 heteroatoms. The third kappa shape index (κ3) is 4.87. The number of benzene rings is 2. The predicted octanol–water partition coefficient (Wildman–Crippen LogP) is 4.89. The van der Waals surface area contributed by atoms with Crippen LogP contribution >= 0.6 is 0 Å². The molecule has 2 aromatic carbocycles. The van der Waals surface area contributed by atoms with E-state index in [-0.39, 0.29) is 29.5 Å². The first-order valence-corrected chi connectivity index (χ1v) is 13.0. The summed E-state index contributed by atoms with van der Waals surface area (Å²) in [6.45, 7) is 5.58. The van der Waals surface area contributed by atoms with Crippen LogP contribution in [0.2, 0.25) is 0 Å². The number of pyridine rings is 2. The van der Waals surface area contributed by atoms with Crippen LogP contribution in [0.1, 0.15) is 48.7 Å². The summed E-state index contributed by atoms with van der Waals surface area (Å²) >= 11 is 0. The van der Waals surface area contributed by atoms with E-state index in [1.807, 2.05) is 36.4 Å². The van der Waals surface area contributed by atoms with Gasteiger partial charge in [-0.3, -0.25) is 9.69 Å². The van der Waals surface area contributed by atoms with Crippen LogP contribution in [-0.2, 0) is 7.05 Å². The van der Waals surface area contributed by atoms with Gasteiger partial charge in [0.2, 0.25) is 0 Å². The van der Waals surface area contributed by atoms with E-state index in [9.17, 15) is 19.7 Å². The smallest absolute Gasteiger partial charge is 0.252 e. The molecular formula is C31H29FN6O. The minimum Gasteiger partial charge on any atom is -0.364 e. The molecule has 0 bridgehead atoms. The zero-order valence-electron chi connectivity index (χ0n) is 22.2. The molecule has 0 aliphatic carbocycles. The molecule has 0 amide bonds. The Morgan fingerprint density at radius 3 is 2.28 bits per heavy atom. The molecule has 3 atom stereocenters. The minimum absolute atomic E-state index is 0.0111.